The molecule has 0 saturated carbocycles. The number of rotatable bonds is 6. The van der Waals surface area contributed by atoms with E-state index in [9.17, 15) is 21.6 Å². The molecule has 0 N–H and O–H groups in total. The quantitative estimate of drug-likeness (QED) is 0.639. The van der Waals surface area contributed by atoms with Crippen LogP contribution in [0.25, 0.3) is 0 Å². The van der Waals surface area contributed by atoms with Gasteiger partial charge in [0.2, 0.25) is 10.0 Å². The van der Waals surface area contributed by atoms with Crippen LogP contribution in [-0.2, 0) is 24.6 Å². The van der Waals surface area contributed by atoms with E-state index in [-0.39, 0.29) is 34.0 Å². The molecule has 0 aromatic heterocycles. The molecule has 10 heteroatoms. The monoisotopic (exact) mass is 456 g/mol. The molecule has 0 spiro atoms. The Morgan fingerprint density at radius 1 is 1.17 bits per heavy atom. The SMILES string of the molecule is O=C(c1cccc(S(=O)(=O)N2CCCC2)c1)N(CC1CCCO1)C1CCS(=O)(=O)C1. The van der Waals surface area contributed by atoms with Gasteiger partial charge in [0, 0.05) is 37.8 Å². The highest BCUT2D eigenvalue weighted by atomic mass is 32.2. The predicted octanol–water partition coefficient (Wildman–Crippen LogP) is 1.28. The molecular formula is C20H28N2O6S2. The van der Waals surface area contributed by atoms with E-state index in [1.54, 1.807) is 17.0 Å². The minimum absolute atomic E-state index is 0.0583. The first-order chi connectivity index (χ1) is 14.3. The van der Waals surface area contributed by atoms with Crippen LogP contribution >= 0.6 is 0 Å². The van der Waals surface area contributed by atoms with Crippen LogP contribution in [0.5, 0.6) is 0 Å². The highest BCUT2D eigenvalue weighted by molar-refractivity contribution is 7.91. The average Bonchev–Trinajstić information content (AvgIpc) is 3.48. The Bertz CT molecular complexity index is 996. The number of hydrogen-bond acceptors (Lipinski definition) is 6. The summed E-state index contributed by atoms with van der Waals surface area (Å²) in [6, 6.07) is 5.69. The lowest BCUT2D eigenvalue weighted by Gasteiger charge is -2.30. The lowest BCUT2D eigenvalue weighted by molar-refractivity contribution is 0.0441. The molecule has 0 radical (unpaired) electrons. The zero-order chi connectivity index (χ0) is 21.4. The summed E-state index contributed by atoms with van der Waals surface area (Å²) in [7, 11) is -6.81. The van der Waals surface area contributed by atoms with Gasteiger partial charge in [-0.1, -0.05) is 6.07 Å². The van der Waals surface area contributed by atoms with E-state index in [2.05, 4.69) is 0 Å². The second-order valence-electron chi connectivity index (χ2n) is 8.29. The summed E-state index contributed by atoms with van der Waals surface area (Å²) in [6.45, 7) is 1.94. The lowest BCUT2D eigenvalue weighted by atomic mass is 10.1. The van der Waals surface area contributed by atoms with Crippen molar-refractivity contribution in [3.05, 3.63) is 29.8 Å². The van der Waals surface area contributed by atoms with Crippen molar-refractivity contribution in [1.82, 2.24) is 9.21 Å². The van der Waals surface area contributed by atoms with Gasteiger partial charge in [-0.25, -0.2) is 16.8 Å². The van der Waals surface area contributed by atoms with Crippen LogP contribution in [-0.4, -0.2) is 81.8 Å². The Kier molecular flexibility index (Phi) is 6.20. The van der Waals surface area contributed by atoms with Gasteiger partial charge in [-0.15, -0.1) is 0 Å². The summed E-state index contributed by atoms with van der Waals surface area (Å²) in [5.41, 5.74) is 0.262. The third kappa shape index (κ3) is 4.56. The number of hydrogen-bond donors (Lipinski definition) is 0. The maximum Gasteiger partial charge on any atom is 0.254 e. The van der Waals surface area contributed by atoms with Crippen LogP contribution in [0.3, 0.4) is 0 Å². The molecule has 3 aliphatic heterocycles. The van der Waals surface area contributed by atoms with Crippen molar-refractivity contribution in [1.29, 1.82) is 0 Å². The maximum absolute atomic E-state index is 13.4. The standard InChI is InChI=1S/C20H28N2O6S2/c23-20(16-5-3-7-19(13-16)30(26,27)21-9-1-2-10-21)22(14-18-6-4-11-28-18)17-8-12-29(24,25)15-17/h3,5,7,13,17-18H,1-2,4,6,8-12,14-15H2. The fourth-order valence-corrected chi connectivity index (χ4v) is 7.75. The molecule has 3 fully saturated rings. The third-order valence-corrected chi connectivity index (χ3v) is 9.76. The van der Waals surface area contributed by atoms with Gasteiger partial charge in [0.15, 0.2) is 9.84 Å². The van der Waals surface area contributed by atoms with E-state index >= 15 is 0 Å². The molecule has 0 aliphatic carbocycles. The molecule has 3 heterocycles. The number of nitrogens with zero attached hydrogens (tertiary/aromatic N) is 2. The first kappa shape index (κ1) is 21.7. The van der Waals surface area contributed by atoms with E-state index in [4.69, 9.17) is 4.74 Å². The van der Waals surface area contributed by atoms with Gasteiger partial charge < -0.3 is 9.64 Å². The number of sulfone groups is 1. The topological polar surface area (TPSA) is 101 Å². The minimum Gasteiger partial charge on any atom is -0.376 e. The first-order valence-electron chi connectivity index (χ1n) is 10.5. The fraction of sp³-hybridized carbons (Fsp3) is 0.650. The van der Waals surface area contributed by atoms with E-state index in [1.807, 2.05) is 0 Å². The van der Waals surface area contributed by atoms with Crippen LogP contribution in [0.2, 0.25) is 0 Å². The van der Waals surface area contributed by atoms with Crippen LogP contribution in [0.4, 0.5) is 0 Å². The number of amides is 1. The normalized spacial score (nSPS) is 26.8. The highest BCUT2D eigenvalue weighted by Gasteiger charge is 2.37. The van der Waals surface area contributed by atoms with E-state index in [0.717, 1.165) is 25.7 Å². The molecule has 166 valence electrons. The van der Waals surface area contributed by atoms with E-state index < -0.39 is 25.9 Å². The zero-order valence-corrected chi connectivity index (χ0v) is 18.5. The first-order valence-corrected chi connectivity index (χ1v) is 13.8. The van der Waals surface area contributed by atoms with Crippen molar-refractivity contribution in [3.8, 4) is 0 Å². The smallest absolute Gasteiger partial charge is 0.254 e. The van der Waals surface area contributed by atoms with Crippen molar-refractivity contribution >= 4 is 25.8 Å². The van der Waals surface area contributed by atoms with Gasteiger partial charge in [0.1, 0.15) is 0 Å². The van der Waals surface area contributed by atoms with Crippen molar-refractivity contribution < 1.29 is 26.4 Å². The van der Waals surface area contributed by atoms with E-state index in [1.165, 1.54) is 16.4 Å². The van der Waals surface area contributed by atoms with Gasteiger partial charge in [-0.2, -0.15) is 4.31 Å². The highest BCUT2D eigenvalue weighted by Crippen LogP contribution is 2.25. The molecule has 2 atom stereocenters. The van der Waals surface area contributed by atoms with Crippen LogP contribution in [0.15, 0.2) is 29.2 Å². The Hall–Kier alpha value is -1.49. The molecule has 8 nitrogen and oxygen atoms in total. The molecule has 1 aromatic rings. The molecule has 3 saturated heterocycles. The fourth-order valence-electron chi connectivity index (χ4n) is 4.46. The Balaban J connectivity index is 1.60. The largest absolute Gasteiger partial charge is 0.376 e. The third-order valence-electron chi connectivity index (χ3n) is 6.12. The molecule has 1 amide bonds. The van der Waals surface area contributed by atoms with Crippen LogP contribution < -0.4 is 0 Å². The van der Waals surface area contributed by atoms with Gasteiger partial charge in [0.05, 0.1) is 22.5 Å². The summed E-state index contributed by atoms with van der Waals surface area (Å²) in [5.74, 6) is -0.334. The van der Waals surface area contributed by atoms with Crippen molar-refractivity contribution in [2.45, 2.75) is 49.1 Å². The maximum atomic E-state index is 13.4. The lowest BCUT2D eigenvalue weighted by Crippen LogP contribution is -2.45. The molecule has 3 aliphatic rings. The molecular weight excluding hydrogens is 428 g/mol. The van der Waals surface area contributed by atoms with Crippen LogP contribution in [0.1, 0.15) is 42.5 Å². The van der Waals surface area contributed by atoms with Crippen LogP contribution in [0, 0.1) is 0 Å². The summed E-state index contributed by atoms with van der Waals surface area (Å²) in [6.07, 6.45) is 3.69. The zero-order valence-electron chi connectivity index (χ0n) is 16.9. The predicted molar refractivity (Wildman–Crippen MR) is 112 cm³/mol. The van der Waals surface area contributed by atoms with Gasteiger partial charge in [0.25, 0.3) is 5.91 Å². The molecule has 1 aromatic carbocycles. The van der Waals surface area contributed by atoms with Crippen molar-refractivity contribution in [2.75, 3.05) is 37.7 Å². The molecule has 2 unspecified atom stereocenters. The molecule has 4 rings (SSSR count). The second kappa shape index (κ2) is 8.57. The second-order valence-corrected chi connectivity index (χ2v) is 12.5. The number of benzene rings is 1. The van der Waals surface area contributed by atoms with E-state index in [0.29, 0.717) is 32.7 Å². The number of ether oxygens (including phenoxy) is 1. The van der Waals surface area contributed by atoms with Crippen molar-refractivity contribution in [3.63, 3.8) is 0 Å². The number of sulfonamides is 1. The van der Waals surface area contributed by atoms with Gasteiger partial charge in [-0.3, -0.25) is 4.79 Å². The van der Waals surface area contributed by atoms with Crippen molar-refractivity contribution in [2.24, 2.45) is 0 Å². The minimum atomic E-state index is -3.64. The Morgan fingerprint density at radius 2 is 1.93 bits per heavy atom. The van der Waals surface area contributed by atoms with Gasteiger partial charge in [-0.05, 0) is 50.3 Å². The number of carbonyl (C=O) groups excluding carboxylic acids is 1. The van der Waals surface area contributed by atoms with Gasteiger partial charge >= 0.3 is 0 Å². The Morgan fingerprint density at radius 3 is 2.57 bits per heavy atom. The molecule has 0 bridgehead atoms. The number of carbonyl (C=O) groups is 1. The summed E-state index contributed by atoms with van der Waals surface area (Å²) >= 11 is 0. The Labute approximate surface area is 178 Å². The summed E-state index contributed by atoms with van der Waals surface area (Å²) in [4.78, 5) is 15.1. The average molecular weight is 457 g/mol. The summed E-state index contributed by atoms with van der Waals surface area (Å²) < 4.78 is 57.0. The summed E-state index contributed by atoms with van der Waals surface area (Å²) in [5, 5.41) is 0. The molecule has 30 heavy (non-hydrogen) atoms.